The predicted octanol–water partition coefficient (Wildman–Crippen LogP) is 2.73. The first-order valence-electron chi connectivity index (χ1n) is 7.06. The number of halogens is 1. The number of nitrogens with zero attached hydrogens (tertiary/aromatic N) is 1. The third kappa shape index (κ3) is 2.97. The van der Waals surface area contributed by atoms with Crippen molar-refractivity contribution >= 4 is 23.4 Å². The lowest BCUT2D eigenvalue weighted by Crippen LogP contribution is -2.35. The molecule has 3 rings (SSSR count). The zero-order valence-corrected chi connectivity index (χ0v) is 12.6. The highest BCUT2D eigenvalue weighted by Gasteiger charge is 2.26. The molecular formula is C17H15ClN2O2. The molecule has 5 heteroatoms. The largest absolute Gasteiger partial charge is 0.350 e. The van der Waals surface area contributed by atoms with Gasteiger partial charge in [0.25, 0.3) is 11.8 Å². The molecule has 1 heterocycles. The summed E-state index contributed by atoms with van der Waals surface area (Å²) in [6.07, 6.45) is 0. The van der Waals surface area contributed by atoms with Crippen molar-refractivity contribution in [2.75, 3.05) is 13.1 Å². The monoisotopic (exact) mass is 314 g/mol. The maximum absolute atomic E-state index is 12.2. The van der Waals surface area contributed by atoms with Gasteiger partial charge in [-0.25, -0.2) is 0 Å². The maximum atomic E-state index is 12.2. The molecule has 0 bridgehead atoms. The number of rotatable bonds is 4. The number of hydrogen-bond acceptors (Lipinski definition) is 2. The topological polar surface area (TPSA) is 49.4 Å². The van der Waals surface area contributed by atoms with Crippen LogP contribution in [0, 0.1) is 0 Å². The van der Waals surface area contributed by atoms with Crippen molar-refractivity contribution in [3.63, 3.8) is 0 Å². The molecule has 0 aromatic heterocycles. The van der Waals surface area contributed by atoms with Crippen molar-refractivity contribution in [2.45, 2.75) is 6.54 Å². The molecule has 22 heavy (non-hydrogen) atoms. The molecule has 0 unspecified atom stereocenters. The molecule has 112 valence electrons. The Kier molecular flexibility index (Phi) is 4.11. The minimum absolute atomic E-state index is 0.0244. The van der Waals surface area contributed by atoms with Crippen molar-refractivity contribution in [3.05, 3.63) is 70.2 Å². The van der Waals surface area contributed by atoms with Gasteiger partial charge in [0.1, 0.15) is 0 Å². The zero-order valence-electron chi connectivity index (χ0n) is 11.9. The molecule has 0 saturated heterocycles. The Labute approximate surface area is 133 Å². The number of fused-ring (bicyclic) bond motifs is 1. The number of benzene rings is 2. The third-order valence-corrected chi connectivity index (χ3v) is 3.92. The second-order valence-corrected chi connectivity index (χ2v) is 5.58. The summed E-state index contributed by atoms with van der Waals surface area (Å²) in [5.74, 6) is -0.142. The predicted molar refractivity (Wildman–Crippen MR) is 85.0 cm³/mol. The minimum Gasteiger partial charge on any atom is -0.350 e. The van der Waals surface area contributed by atoms with Crippen molar-refractivity contribution in [2.24, 2.45) is 0 Å². The Morgan fingerprint density at radius 3 is 2.59 bits per heavy atom. The van der Waals surface area contributed by atoms with E-state index in [4.69, 9.17) is 11.6 Å². The molecule has 0 atom stereocenters. The molecule has 1 aliphatic heterocycles. The summed E-state index contributed by atoms with van der Waals surface area (Å²) < 4.78 is 0. The molecule has 2 aromatic carbocycles. The first-order chi connectivity index (χ1) is 10.6. The Bertz CT molecular complexity index is 713. The number of nitrogens with one attached hydrogen (secondary N) is 1. The van der Waals surface area contributed by atoms with Crippen LogP contribution in [0.3, 0.4) is 0 Å². The second-order valence-electron chi connectivity index (χ2n) is 5.15. The highest BCUT2D eigenvalue weighted by Crippen LogP contribution is 2.21. The minimum atomic E-state index is -0.166. The van der Waals surface area contributed by atoms with E-state index in [2.05, 4.69) is 5.32 Å². The van der Waals surface area contributed by atoms with Gasteiger partial charge in [-0.15, -0.1) is 0 Å². The average Bonchev–Trinajstić information content (AvgIpc) is 2.85. The highest BCUT2D eigenvalue weighted by atomic mass is 35.5. The molecule has 4 nitrogen and oxygen atoms in total. The molecule has 0 spiro atoms. The van der Waals surface area contributed by atoms with E-state index in [1.807, 2.05) is 24.3 Å². The van der Waals surface area contributed by atoms with E-state index in [0.717, 1.165) is 11.1 Å². The summed E-state index contributed by atoms with van der Waals surface area (Å²) in [4.78, 5) is 25.9. The van der Waals surface area contributed by atoms with Crippen LogP contribution in [0.5, 0.6) is 0 Å². The van der Waals surface area contributed by atoms with Crippen LogP contribution in [0.25, 0.3) is 0 Å². The van der Waals surface area contributed by atoms with Gasteiger partial charge in [0, 0.05) is 35.8 Å². The van der Waals surface area contributed by atoms with Crippen molar-refractivity contribution < 1.29 is 9.59 Å². The molecular weight excluding hydrogens is 300 g/mol. The van der Waals surface area contributed by atoms with Gasteiger partial charge < -0.3 is 10.2 Å². The van der Waals surface area contributed by atoms with Gasteiger partial charge in [0.2, 0.25) is 0 Å². The Morgan fingerprint density at radius 2 is 1.86 bits per heavy atom. The molecule has 0 fully saturated rings. The number of hydrogen-bond donors (Lipinski definition) is 1. The normalized spacial score (nSPS) is 13.1. The summed E-state index contributed by atoms with van der Waals surface area (Å²) in [6, 6.07) is 14.3. The van der Waals surface area contributed by atoms with Gasteiger partial charge in [0.05, 0.1) is 0 Å². The molecule has 0 aliphatic carbocycles. The zero-order chi connectivity index (χ0) is 15.5. The van der Waals surface area contributed by atoms with Crippen molar-refractivity contribution in [3.8, 4) is 0 Å². The fourth-order valence-corrected chi connectivity index (χ4v) is 2.63. The number of carbonyl (C=O) groups excluding carboxylic acids is 2. The van der Waals surface area contributed by atoms with Crippen LogP contribution in [0.2, 0.25) is 5.02 Å². The van der Waals surface area contributed by atoms with Gasteiger partial charge in [-0.1, -0.05) is 29.8 Å². The fourth-order valence-electron chi connectivity index (χ4n) is 2.50. The lowest BCUT2D eigenvalue weighted by molar-refractivity contribution is 0.0770. The van der Waals surface area contributed by atoms with E-state index in [0.29, 0.717) is 30.2 Å². The van der Waals surface area contributed by atoms with Gasteiger partial charge >= 0.3 is 0 Å². The van der Waals surface area contributed by atoms with Crippen LogP contribution in [0.4, 0.5) is 0 Å². The van der Waals surface area contributed by atoms with Crippen LogP contribution >= 0.6 is 11.6 Å². The summed E-state index contributed by atoms with van der Waals surface area (Å²) in [7, 11) is 0. The number of carbonyl (C=O) groups is 2. The van der Waals surface area contributed by atoms with E-state index >= 15 is 0 Å². The molecule has 1 aliphatic rings. The SMILES string of the molecule is O=C(NCCN1Cc2ccccc2C1=O)c1ccc(Cl)cc1. The van der Waals surface area contributed by atoms with E-state index in [-0.39, 0.29) is 11.8 Å². The lowest BCUT2D eigenvalue weighted by atomic mass is 10.1. The summed E-state index contributed by atoms with van der Waals surface area (Å²) in [5, 5.41) is 3.41. The second kappa shape index (κ2) is 6.20. The van der Waals surface area contributed by atoms with Crippen LogP contribution < -0.4 is 5.32 Å². The summed E-state index contributed by atoms with van der Waals surface area (Å²) >= 11 is 5.79. The van der Waals surface area contributed by atoms with E-state index < -0.39 is 0 Å². The van der Waals surface area contributed by atoms with E-state index in [1.165, 1.54) is 0 Å². The smallest absolute Gasteiger partial charge is 0.254 e. The summed E-state index contributed by atoms with van der Waals surface area (Å²) in [5.41, 5.74) is 2.35. The lowest BCUT2D eigenvalue weighted by Gasteiger charge is -2.15. The van der Waals surface area contributed by atoms with Crippen LogP contribution in [0.1, 0.15) is 26.3 Å². The quantitative estimate of drug-likeness (QED) is 0.943. The Morgan fingerprint density at radius 1 is 1.14 bits per heavy atom. The standard InChI is InChI=1S/C17H15ClN2O2/c18-14-7-5-12(6-8-14)16(21)19-9-10-20-11-13-3-1-2-4-15(13)17(20)22/h1-8H,9-11H2,(H,19,21). The Hall–Kier alpha value is -2.33. The average molecular weight is 315 g/mol. The van der Waals surface area contributed by atoms with Crippen LogP contribution in [-0.4, -0.2) is 29.8 Å². The molecule has 2 aromatic rings. The van der Waals surface area contributed by atoms with E-state index in [9.17, 15) is 9.59 Å². The first kappa shape index (κ1) is 14.6. The molecule has 1 N–H and O–H groups in total. The Balaban J connectivity index is 1.53. The first-order valence-corrected chi connectivity index (χ1v) is 7.44. The van der Waals surface area contributed by atoms with Gasteiger partial charge in [-0.2, -0.15) is 0 Å². The van der Waals surface area contributed by atoms with Gasteiger partial charge in [0.15, 0.2) is 0 Å². The maximum Gasteiger partial charge on any atom is 0.254 e. The fraction of sp³-hybridized carbons (Fsp3) is 0.176. The molecule has 0 saturated carbocycles. The molecule has 0 radical (unpaired) electrons. The van der Waals surface area contributed by atoms with E-state index in [1.54, 1.807) is 29.2 Å². The van der Waals surface area contributed by atoms with Gasteiger partial charge in [-0.05, 0) is 35.9 Å². The third-order valence-electron chi connectivity index (χ3n) is 3.67. The van der Waals surface area contributed by atoms with Crippen LogP contribution in [0.15, 0.2) is 48.5 Å². The van der Waals surface area contributed by atoms with Gasteiger partial charge in [-0.3, -0.25) is 9.59 Å². The van der Waals surface area contributed by atoms with Crippen molar-refractivity contribution in [1.82, 2.24) is 10.2 Å². The van der Waals surface area contributed by atoms with Crippen molar-refractivity contribution in [1.29, 1.82) is 0 Å². The molecule has 2 amide bonds. The highest BCUT2D eigenvalue weighted by molar-refractivity contribution is 6.30. The number of amides is 2. The van der Waals surface area contributed by atoms with Crippen LogP contribution in [-0.2, 0) is 6.54 Å². The summed E-state index contributed by atoms with van der Waals surface area (Å²) in [6.45, 7) is 1.51.